The Morgan fingerprint density at radius 2 is 1.83 bits per heavy atom. The lowest BCUT2D eigenvalue weighted by atomic mass is 9.91. The summed E-state index contributed by atoms with van der Waals surface area (Å²) in [5.74, 6) is 1.34. The van der Waals surface area contributed by atoms with Gasteiger partial charge in [0.05, 0.1) is 0 Å². The zero-order chi connectivity index (χ0) is 12.4. The normalized spacial score (nSPS) is 22.9. The third-order valence-corrected chi connectivity index (χ3v) is 5.56. The van der Waals surface area contributed by atoms with Gasteiger partial charge in [0.1, 0.15) is 5.75 Å². The molecule has 1 aliphatic heterocycles. The summed E-state index contributed by atoms with van der Waals surface area (Å²) in [6.45, 7) is 2.30. The number of phenols is 1. The monoisotopic (exact) mass is 263 g/mol. The van der Waals surface area contributed by atoms with Crippen molar-refractivity contribution in [1.82, 2.24) is 5.32 Å². The van der Waals surface area contributed by atoms with Gasteiger partial charge in [-0.05, 0) is 62.5 Å². The highest BCUT2D eigenvalue weighted by Gasteiger charge is 2.38. The molecule has 2 N–H and O–H groups in total. The Morgan fingerprint density at radius 3 is 2.44 bits per heavy atom. The molecular formula is C15H21NOS. The molecule has 2 fully saturated rings. The Hall–Kier alpha value is -0.670. The Balaban J connectivity index is 1.73. The summed E-state index contributed by atoms with van der Waals surface area (Å²) in [7, 11) is 0. The first-order chi connectivity index (χ1) is 8.76. The first-order valence-electron chi connectivity index (χ1n) is 6.95. The summed E-state index contributed by atoms with van der Waals surface area (Å²) in [6.07, 6.45) is 6.79. The molecule has 3 rings (SSSR count). The van der Waals surface area contributed by atoms with E-state index in [2.05, 4.69) is 17.4 Å². The summed E-state index contributed by atoms with van der Waals surface area (Å²) >= 11 is 2.04. The summed E-state index contributed by atoms with van der Waals surface area (Å²) in [6, 6.07) is 7.70. The molecule has 98 valence electrons. The summed E-state index contributed by atoms with van der Waals surface area (Å²) in [5.41, 5.74) is 0. The van der Waals surface area contributed by atoms with E-state index < -0.39 is 0 Å². The van der Waals surface area contributed by atoms with E-state index in [9.17, 15) is 5.11 Å². The van der Waals surface area contributed by atoms with Crippen LogP contribution in [0.25, 0.3) is 0 Å². The van der Waals surface area contributed by atoms with Gasteiger partial charge in [-0.2, -0.15) is 0 Å². The minimum absolute atomic E-state index is 0.362. The predicted octanol–water partition coefficient (Wildman–Crippen LogP) is 3.41. The molecule has 3 heteroatoms. The van der Waals surface area contributed by atoms with Crippen LogP contribution in [0.1, 0.15) is 32.1 Å². The van der Waals surface area contributed by atoms with Crippen LogP contribution in [0.2, 0.25) is 0 Å². The highest BCUT2D eigenvalue weighted by atomic mass is 32.2. The van der Waals surface area contributed by atoms with E-state index in [0.29, 0.717) is 10.5 Å². The molecule has 1 heterocycles. The Kier molecular flexibility index (Phi) is 3.53. The van der Waals surface area contributed by atoms with Crippen molar-refractivity contribution >= 4 is 11.8 Å². The topological polar surface area (TPSA) is 32.3 Å². The van der Waals surface area contributed by atoms with Crippen molar-refractivity contribution in [3.05, 3.63) is 24.3 Å². The lowest BCUT2D eigenvalue weighted by molar-refractivity contribution is 0.378. The van der Waals surface area contributed by atoms with Crippen molar-refractivity contribution < 1.29 is 5.11 Å². The first-order valence-corrected chi connectivity index (χ1v) is 7.76. The Bertz CT molecular complexity index is 393. The average Bonchev–Trinajstić information content (AvgIpc) is 3.17. The van der Waals surface area contributed by atoms with Gasteiger partial charge >= 0.3 is 0 Å². The van der Waals surface area contributed by atoms with Gasteiger partial charge in [-0.1, -0.05) is 12.8 Å². The quantitative estimate of drug-likeness (QED) is 0.873. The molecule has 1 aliphatic carbocycles. The maximum absolute atomic E-state index is 9.36. The number of thioether (sulfide) groups is 1. The Labute approximate surface area is 113 Å². The number of rotatable bonds is 4. The molecular weight excluding hydrogens is 242 g/mol. The highest BCUT2D eigenvalue weighted by molar-refractivity contribution is 8.00. The van der Waals surface area contributed by atoms with Crippen LogP contribution < -0.4 is 5.32 Å². The van der Waals surface area contributed by atoms with Gasteiger partial charge in [0.15, 0.2) is 0 Å². The molecule has 1 aromatic rings. The first kappa shape index (κ1) is 12.4. The molecule has 1 saturated heterocycles. The number of hydrogen-bond acceptors (Lipinski definition) is 3. The number of hydrogen-bond donors (Lipinski definition) is 2. The molecule has 1 saturated carbocycles. The SMILES string of the molecule is Oc1ccc(SC2(CC3CC3)CCNCC2)cc1. The van der Waals surface area contributed by atoms with Crippen LogP contribution in [0, 0.1) is 5.92 Å². The van der Waals surface area contributed by atoms with Gasteiger partial charge in [0.2, 0.25) is 0 Å². The van der Waals surface area contributed by atoms with E-state index >= 15 is 0 Å². The van der Waals surface area contributed by atoms with Crippen LogP contribution in [0.15, 0.2) is 29.2 Å². The van der Waals surface area contributed by atoms with Gasteiger partial charge in [0, 0.05) is 9.64 Å². The summed E-state index contributed by atoms with van der Waals surface area (Å²) in [4.78, 5) is 1.30. The second-order valence-electron chi connectivity index (χ2n) is 5.68. The van der Waals surface area contributed by atoms with Crippen molar-refractivity contribution in [3.8, 4) is 5.75 Å². The van der Waals surface area contributed by atoms with E-state index in [1.807, 2.05) is 11.8 Å². The number of piperidine rings is 1. The summed E-state index contributed by atoms with van der Waals surface area (Å²) in [5, 5.41) is 12.8. The van der Waals surface area contributed by atoms with Gasteiger partial charge in [-0.3, -0.25) is 0 Å². The highest BCUT2D eigenvalue weighted by Crippen LogP contribution is 2.49. The van der Waals surface area contributed by atoms with Gasteiger partial charge in [-0.15, -0.1) is 11.8 Å². The predicted molar refractivity (Wildman–Crippen MR) is 76.1 cm³/mol. The van der Waals surface area contributed by atoms with Crippen LogP contribution in [0.3, 0.4) is 0 Å². The van der Waals surface area contributed by atoms with E-state index in [1.165, 1.54) is 37.0 Å². The lowest BCUT2D eigenvalue weighted by Crippen LogP contribution is -2.39. The average molecular weight is 263 g/mol. The third kappa shape index (κ3) is 3.01. The number of nitrogens with one attached hydrogen (secondary N) is 1. The van der Waals surface area contributed by atoms with E-state index in [1.54, 1.807) is 12.1 Å². The van der Waals surface area contributed by atoms with Gasteiger partial charge in [-0.25, -0.2) is 0 Å². The minimum Gasteiger partial charge on any atom is -0.508 e. The molecule has 0 aromatic heterocycles. The maximum Gasteiger partial charge on any atom is 0.115 e. The molecule has 0 spiro atoms. The van der Waals surface area contributed by atoms with Gasteiger partial charge in [0.25, 0.3) is 0 Å². The third-order valence-electron chi connectivity index (χ3n) is 4.04. The molecule has 1 aromatic carbocycles. The lowest BCUT2D eigenvalue weighted by Gasteiger charge is -2.37. The zero-order valence-electron chi connectivity index (χ0n) is 10.7. The fourth-order valence-corrected chi connectivity index (χ4v) is 4.34. The molecule has 2 nitrogen and oxygen atoms in total. The van der Waals surface area contributed by atoms with Crippen LogP contribution in [-0.4, -0.2) is 22.9 Å². The van der Waals surface area contributed by atoms with E-state index in [-0.39, 0.29) is 0 Å². The number of phenolic OH excluding ortho intramolecular Hbond substituents is 1. The molecule has 2 aliphatic rings. The fraction of sp³-hybridized carbons (Fsp3) is 0.600. The molecule has 18 heavy (non-hydrogen) atoms. The van der Waals surface area contributed by atoms with E-state index in [0.717, 1.165) is 19.0 Å². The van der Waals surface area contributed by atoms with Gasteiger partial charge < -0.3 is 10.4 Å². The molecule has 0 amide bonds. The van der Waals surface area contributed by atoms with Crippen LogP contribution in [0.5, 0.6) is 5.75 Å². The number of aromatic hydroxyl groups is 1. The zero-order valence-corrected chi connectivity index (χ0v) is 11.5. The van der Waals surface area contributed by atoms with E-state index in [4.69, 9.17) is 0 Å². The van der Waals surface area contributed by atoms with Crippen molar-refractivity contribution in [2.45, 2.75) is 41.7 Å². The second kappa shape index (κ2) is 5.14. The molecule has 0 atom stereocenters. The van der Waals surface area contributed by atoms with Crippen molar-refractivity contribution in [2.24, 2.45) is 5.92 Å². The maximum atomic E-state index is 9.36. The number of benzene rings is 1. The summed E-state index contributed by atoms with van der Waals surface area (Å²) < 4.78 is 0.434. The van der Waals surface area contributed by atoms with Crippen LogP contribution in [0.4, 0.5) is 0 Å². The Morgan fingerprint density at radius 1 is 1.17 bits per heavy atom. The van der Waals surface area contributed by atoms with Crippen LogP contribution >= 0.6 is 11.8 Å². The fourth-order valence-electron chi connectivity index (χ4n) is 2.84. The molecule has 0 radical (unpaired) electrons. The van der Waals surface area contributed by atoms with Crippen LogP contribution in [-0.2, 0) is 0 Å². The van der Waals surface area contributed by atoms with Crippen molar-refractivity contribution in [2.75, 3.05) is 13.1 Å². The second-order valence-corrected chi connectivity index (χ2v) is 7.22. The van der Waals surface area contributed by atoms with Crippen molar-refractivity contribution in [1.29, 1.82) is 0 Å². The van der Waals surface area contributed by atoms with Crippen molar-refractivity contribution in [3.63, 3.8) is 0 Å². The standard InChI is InChI=1S/C15H21NOS/c17-13-3-5-14(6-4-13)18-15(11-12-1-2-12)7-9-16-10-8-15/h3-6,12,16-17H,1-2,7-11H2. The smallest absolute Gasteiger partial charge is 0.115 e. The molecule has 0 bridgehead atoms. The largest absolute Gasteiger partial charge is 0.508 e. The molecule has 0 unspecified atom stereocenters. The minimum atomic E-state index is 0.362.